The van der Waals surface area contributed by atoms with E-state index in [0.29, 0.717) is 18.7 Å². The molecule has 0 bridgehead atoms. The third-order valence-corrected chi connectivity index (χ3v) is 3.18. The van der Waals surface area contributed by atoms with E-state index in [1.54, 1.807) is 12.1 Å². The SMILES string of the molecule is CC(NC(=O)CCNc1cccc(F)c1)c1ccccc1. The standard InChI is InChI=1S/C17H19FN2O/c1-13(14-6-3-2-4-7-14)20-17(21)10-11-19-16-9-5-8-15(18)12-16/h2-9,12-13,19H,10-11H2,1H3,(H,20,21). The summed E-state index contributed by atoms with van der Waals surface area (Å²) >= 11 is 0. The maximum Gasteiger partial charge on any atom is 0.222 e. The summed E-state index contributed by atoms with van der Waals surface area (Å²) in [6, 6.07) is 16.0. The van der Waals surface area contributed by atoms with E-state index in [1.807, 2.05) is 37.3 Å². The third-order valence-electron chi connectivity index (χ3n) is 3.18. The summed E-state index contributed by atoms with van der Waals surface area (Å²) in [6.45, 7) is 2.42. The van der Waals surface area contributed by atoms with Crippen molar-refractivity contribution in [3.8, 4) is 0 Å². The highest BCUT2D eigenvalue weighted by Gasteiger charge is 2.08. The van der Waals surface area contributed by atoms with E-state index >= 15 is 0 Å². The van der Waals surface area contributed by atoms with Crippen molar-refractivity contribution in [1.82, 2.24) is 5.32 Å². The molecule has 0 aliphatic rings. The lowest BCUT2D eigenvalue weighted by Gasteiger charge is -2.14. The summed E-state index contributed by atoms with van der Waals surface area (Å²) in [4.78, 5) is 11.9. The van der Waals surface area contributed by atoms with Gasteiger partial charge >= 0.3 is 0 Å². The maximum absolute atomic E-state index is 13.0. The minimum atomic E-state index is -0.290. The lowest BCUT2D eigenvalue weighted by Crippen LogP contribution is -2.28. The second kappa shape index (κ2) is 7.43. The molecule has 2 N–H and O–H groups in total. The third kappa shape index (κ3) is 4.91. The predicted molar refractivity (Wildman–Crippen MR) is 82.5 cm³/mol. The fourth-order valence-corrected chi connectivity index (χ4v) is 2.06. The number of hydrogen-bond acceptors (Lipinski definition) is 2. The number of hydrogen-bond donors (Lipinski definition) is 2. The molecule has 4 heteroatoms. The van der Waals surface area contributed by atoms with Crippen molar-refractivity contribution in [3.63, 3.8) is 0 Å². The van der Waals surface area contributed by atoms with Crippen LogP contribution in [0.3, 0.4) is 0 Å². The van der Waals surface area contributed by atoms with Gasteiger partial charge in [-0.1, -0.05) is 36.4 Å². The molecule has 0 saturated carbocycles. The Morgan fingerprint density at radius 1 is 1.14 bits per heavy atom. The second-order valence-corrected chi connectivity index (χ2v) is 4.89. The molecule has 1 atom stereocenters. The Balaban J connectivity index is 1.75. The molecule has 1 unspecified atom stereocenters. The van der Waals surface area contributed by atoms with E-state index < -0.39 is 0 Å². The molecule has 2 aromatic carbocycles. The number of anilines is 1. The summed E-state index contributed by atoms with van der Waals surface area (Å²) in [5.74, 6) is -0.322. The quantitative estimate of drug-likeness (QED) is 0.853. The van der Waals surface area contributed by atoms with E-state index in [0.717, 1.165) is 5.56 Å². The second-order valence-electron chi connectivity index (χ2n) is 4.89. The zero-order valence-corrected chi connectivity index (χ0v) is 12.0. The van der Waals surface area contributed by atoms with Crippen molar-refractivity contribution in [2.24, 2.45) is 0 Å². The van der Waals surface area contributed by atoms with Crippen LogP contribution in [0.4, 0.5) is 10.1 Å². The highest BCUT2D eigenvalue weighted by molar-refractivity contribution is 5.77. The maximum atomic E-state index is 13.0. The average molecular weight is 286 g/mol. The molecule has 2 aromatic rings. The van der Waals surface area contributed by atoms with Gasteiger partial charge in [0.1, 0.15) is 5.82 Å². The largest absolute Gasteiger partial charge is 0.384 e. The molecule has 0 saturated heterocycles. The van der Waals surface area contributed by atoms with Crippen molar-refractivity contribution in [1.29, 1.82) is 0 Å². The van der Waals surface area contributed by atoms with Crippen LogP contribution >= 0.6 is 0 Å². The van der Waals surface area contributed by atoms with Crippen molar-refractivity contribution in [2.75, 3.05) is 11.9 Å². The van der Waals surface area contributed by atoms with E-state index in [-0.39, 0.29) is 17.8 Å². The first-order valence-electron chi connectivity index (χ1n) is 6.99. The van der Waals surface area contributed by atoms with E-state index in [2.05, 4.69) is 10.6 Å². The van der Waals surface area contributed by atoms with E-state index in [4.69, 9.17) is 0 Å². The van der Waals surface area contributed by atoms with E-state index in [9.17, 15) is 9.18 Å². The molecule has 0 radical (unpaired) electrons. The molecule has 0 aliphatic carbocycles. The zero-order chi connectivity index (χ0) is 15.1. The molecule has 0 aliphatic heterocycles. The molecule has 21 heavy (non-hydrogen) atoms. The first kappa shape index (κ1) is 15.0. The molecule has 3 nitrogen and oxygen atoms in total. The van der Waals surface area contributed by atoms with Gasteiger partial charge in [-0.15, -0.1) is 0 Å². The monoisotopic (exact) mass is 286 g/mol. The topological polar surface area (TPSA) is 41.1 Å². The van der Waals surface area contributed by atoms with Crippen molar-refractivity contribution < 1.29 is 9.18 Å². The Hall–Kier alpha value is -2.36. The Morgan fingerprint density at radius 3 is 2.62 bits per heavy atom. The van der Waals surface area contributed by atoms with Gasteiger partial charge in [-0.25, -0.2) is 4.39 Å². The summed E-state index contributed by atoms with van der Waals surface area (Å²) < 4.78 is 13.0. The number of amides is 1. The van der Waals surface area contributed by atoms with Crippen molar-refractivity contribution in [3.05, 3.63) is 66.0 Å². The normalized spacial score (nSPS) is 11.7. The van der Waals surface area contributed by atoms with Crippen LogP contribution in [-0.4, -0.2) is 12.5 Å². The number of rotatable bonds is 6. The minimum Gasteiger partial charge on any atom is -0.384 e. The summed E-state index contributed by atoms with van der Waals surface area (Å²) in [5, 5.41) is 5.97. The Morgan fingerprint density at radius 2 is 1.90 bits per heavy atom. The van der Waals surface area contributed by atoms with Gasteiger partial charge < -0.3 is 10.6 Å². The first-order valence-corrected chi connectivity index (χ1v) is 6.99. The highest BCUT2D eigenvalue weighted by atomic mass is 19.1. The van der Waals surface area contributed by atoms with Gasteiger partial charge in [-0.3, -0.25) is 4.79 Å². The molecular weight excluding hydrogens is 267 g/mol. The van der Waals surface area contributed by atoms with Gasteiger partial charge in [0, 0.05) is 18.7 Å². The molecule has 2 rings (SSSR count). The first-order chi connectivity index (χ1) is 10.1. The summed E-state index contributed by atoms with van der Waals surface area (Å²) in [5.41, 5.74) is 1.75. The number of halogens is 1. The van der Waals surface area contributed by atoms with Gasteiger partial charge in [0.25, 0.3) is 0 Å². The van der Waals surface area contributed by atoms with Crippen LogP contribution in [0.2, 0.25) is 0 Å². The van der Waals surface area contributed by atoms with Crippen LogP contribution in [0, 0.1) is 5.82 Å². The smallest absolute Gasteiger partial charge is 0.222 e. The molecular formula is C17H19FN2O. The van der Waals surface area contributed by atoms with Gasteiger partial charge in [0.2, 0.25) is 5.91 Å². The number of carbonyl (C=O) groups excluding carboxylic acids is 1. The average Bonchev–Trinajstić information content (AvgIpc) is 2.48. The van der Waals surface area contributed by atoms with Gasteiger partial charge in [0.15, 0.2) is 0 Å². The summed E-state index contributed by atoms with van der Waals surface area (Å²) in [6.07, 6.45) is 0.341. The molecule has 0 heterocycles. The van der Waals surface area contributed by atoms with Gasteiger partial charge in [0.05, 0.1) is 6.04 Å². The lowest BCUT2D eigenvalue weighted by molar-refractivity contribution is -0.121. The molecule has 0 aromatic heterocycles. The lowest BCUT2D eigenvalue weighted by atomic mass is 10.1. The fourth-order valence-electron chi connectivity index (χ4n) is 2.06. The van der Waals surface area contributed by atoms with Crippen molar-refractivity contribution >= 4 is 11.6 Å². The van der Waals surface area contributed by atoms with Crippen molar-refractivity contribution in [2.45, 2.75) is 19.4 Å². The number of nitrogens with one attached hydrogen (secondary N) is 2. The summed E-state index contributed by atoms with van der Waals surface area (Å²) in [7, 11) is 0. The van der Waals surface area contributed by atoms with Crippen LogP contribution in [0.1, 0.15) is 24.9 Å². The van der Waals surface area contributed by atoms with Crippen LogP contribution < -0.4 is 10.6 Å². The predicted octanol–water partition coefficient (Wildman–Crippen LogP) is 3.51. The fraction of sp³-hybridized carbons (Fsp3) is 0.235. The van der Waals surface area contributed by atoms with Crippen LogP contribution in [0.15, 0.2) is 54.6 Å². The Kier molecular flexibility index (Phi) is 5.32. The Labute approximate surface area is 124 Å². The molecule has 0 fully saturated rings. The minimum absolute atomic E-state index is 0.0205. The van der Waals surface area contributed by atoms with Crippen LogP contribution in [-0.2, 0) is 4.79 Å². The number of benzene rings is 2. The van der Waals surface area contributed by atoms with Crippen LogP contribution in [0.25, 0.3) is 0 Å². The number of carbonyl (C=O) groups is 1. The van der Waals surface area contributed by atoms with Gasteiger partial charge in [-0.05, 0) is 30.7 Å². The van der Waals surface area contributed by atoms with E-state index in [1.165, 1.54) is 12.1 Å². The highest BCUT2D eigenvalue weighted by Crippen LogP contribution is 2.11. The molecule has 110 valence electrons. The zero-order valence-electron chi connectivity index (χ0n) is 12.0. The molecule has 0 spiro atoms. The van der Waals surface area contributed by atoms with Gasteiger partial charge in [-0.2, -0.15) is 0 Å². The van der Waals surface area contributed by atoms with Crippen LogP contribution in [0.5, 0.6) is 0 Å². The Bertz CT molecular complexity index is 586. The molecule has 1 amide bonds.